The first-order valence-electron chi connectivity index (χ1n) is 9.93. The Hall–Kier alpha value is -3.72. The summed E-state index contributed by atoms with van der Waals surface area (Å²) in [5, 5.41) is 19.1. The van der Waals surface area contributed by atoms with Gasteiger partial charge < -0.3 is 10.2 Å². The first-order valence-corrected chi connectivity index (χ1v) is 10.3. The standard InChI is InChI=1S/C22H20ClN5O4/c1-13-19(14(2)27(25-13)16-6-4-3-5-7-16)20-21(29)24-10-11-26(20)22(30)17-9-8-15(23)12-18(17)28(31)32/h3-9,12,20H,10-11H2,1-2H3,(H,24,29). The number of halogens is 1. The largest absolute Gasteiger partial charge is 0.352 e. The molecule has 32 heavy (non-hydrogen) atoms. The van der Waals surface area contributed by atoms with E-state index in [0.717, 1.165) is 11.8 Å². The van der Waals surface area contributed by atoms with Gasteiger partial charge in [-0.1, -0.05) is 29.8 Å². The van der Waals surface area contributed by atoms with Crippen molar-refractivity contribution >= 4 is 29.1 Å². The molecule has 0 radical (unpaired) electrons. The third kappa shape index (κ3) is 3.71. The number of carbonyl (C=O) groups excluding carboxylic acids is 2. The molecule has 0 aliphatic carbocycles. The molecule has 4 rings (SSSR count). The van der Waals surface area contributed by atoms with Gasteiger partial charge >= 0.3 is 0 Å². The summed E-state index contributed by atoms with van der Waals surface area (Å²) in [6.07, 6.45) is 0. The molecule has 1 unspecified atom stereocenters. The van der Waals surface area contributed by atoms with Gasteiger partial charge in [0.15, 0.2) is 0 Å². The van der Waals surface area contributed by atoms with E-state index >= 15 is 0 Å². The fourth-order valence-corrected chi connectivity index (χ4v) is 4.20. The molecule has 2 aromatic carbocycles. The van der Waals surface area contributed by atoms with Gasteiger partial charge in [-0.25, -0.2) is 4.68 Å². The summed E-state index contributed by atoms with van der Waals surface area (Å²) in [6.45, 7) is 4.05. The van der Waals surface area contributed by atoms with Crippen molar-refractivity contribution in [1.29, 1.82) is 0 Å². The lowest BCUT2D eigenvalue weighted by Gasteiger charge is -2.35. The van der Waals surface area contributed by atoms with Crippen LogP contribution in [0.5, 0.6) is 0 Å². The number of rotatable bonds is 4. The molecule has 9 nitrogen and oxygen atoms in total. The lowest BCUT2D eigenvalue weighted by atomic mass is 9.99. The predicted octanol–water partition coefficient (Wildman–Crippen LogP) is 3.36. The van der Waals surface area contributed by atoms with Crippen molar-refractivity contribution in [1.82, 2.24) is 20.0 Å². The number of aromatic nitrogens is 2. The molecule has 1 atom stereocenters. The van der Waals surface area contributed by atoms with Crippen LogP contribution in [0.15, 0.2) is 48.5 Å². The lowest BCUT2D eigenvalue weighted by molar-refractivity contribution is -0.385. The lowest BCUT2D eigenvalue weighted by Crippen LogP contribution is -2.52. The quantitative estimate of drug-likeness (QED) is 0.481. The fourth-order valence-electron chi connectivity index (χ4n) is 4.04. The van der Waals surface area contributed by atoms with Gasteiger partial charge in [0.25, 0.3) is 11.6 Å². The van der Waals surface area contributed by atoms with E-state index in [2.05, 4.69) is 10.4 Å². The molecular formula is C22H20ClN5O4. The van der Waals surface area contributed by atoms with E-state index in [1.165, 1.54) is 17.0 Å². The summed E-state index contributed by atoms with van der Waals surface area (Å²) in [7, 11) is 0. The Labute approximate surface area is 188 Å². The topological polar surface area (TPSA) is 110 Å². The van der Waals surface area contributed by atoms with Crippen LogP contribution in [0.2, 0.25) is 5.02 Å². The van der Waals surface area contributed by atoms with Gasteiger partial charge in [-0.05, 0) is 38.1 Å². The normalized spacial score (nSPS) is 16.0. The molecule has 1 aliphatic heterocycles. The highest BCUT2D eigenvalue weighted by Gasteiger charge is 2.40. The highest BCUT2D eigenvalue weighted by molar-refractivity contribution is 6.31. The van der Waals surface area contributed by atoms with Crippen molar-refractivity contribution < 1.29 is 14.5 Å². The number of amides is 2. The molecule has 0 bridgehead atoms. The maximum Gasteiger partial charge on any atom is 0.283 e. The summed E-state index contributed by atoms with van der Waals surface area (Å²) < 4.78 is 1.72. The van der Waals surface area contributed by atoms with Gasteiger partial charge in [-0.3, -0.25) is 19.7 Å². The Morgan fingerprint density at radius 1 is 1.22 bits per heavy atom. The Bertz CT molecular complexity index is 1220. The number of aryl methyl sites for hydroxylation is 1. The van der Waals surface area contributed by atoms with Crippen LogP contribution in [-0.2, 0) is 4.79 Å². The molecule has 2 heterocycles. The molecule has 1 aliphatic rings. The van der Waals surface area contributed by atoms with E-state index in [0.29, 0.717) is 17.0 Å². The van der Waals surface area contributed by atoms with Crippen LogP contribution in [0.3, 0.4) is 0 Å². The Morgan fingerprint density at radius 3 is 2.62 bits per heavy atom. The molecule has 3 aromatic rings. The average molecular weight is 454 g/mol. The molecular weight excluding hydrogens is 434 g/mol. The number of benzene rings is 2. The van der Waals surface area contributed by atoms with Gasteiger partial charge in [0.2, 0.25) is 5.91 Å². The van der Waals surface area contributed by atoms with Crippen LogP contribution in [0.4, 0.5) is 5.69 Å². The third-order valence-electron chi connectivity index (χ3n) is 5.48. The monoisotopic (exact) mass is 453 g/mol. The maximum absolute atomic E-state index is 13.4. The molecule has 1 N–H and O–H groups in total. The summed E-state index contributed by atoms with van der Waals surface area (Å²) >= 11 is 5.90. The second-order valence-electron chi connectivity index (χ2n) is 7.44. The summed E-state index contributed by atoms with van der Waals surface area (Å²) in [6, 6.07) is 12.4. The zero-order valence-electron chi connectivity index (χ0n) is 17.4. The van der Waals surface area contributed by atoms with E-state index in [4.69, 9.17) is 11.6 Å². The fraction of sp³-hybridized carbons (Fsp3) is 0.227. The highest BCUT2D eigenvalue weighted by Crippen LogP contribution is 2.33. The number of carbonyl (C=O) groups is 2. The van der Waals surface area contributed by atoms with E-state index in [1.807, 2.05) is 37.3 Å². The minimum absolute atomic E-state index is 0.121. The van der Waals surface area contributed by atoms with Gasteiger partial charge in [-0.2, -0.15) is 5.10 Å². The third-order valence-corrected chi connectivity index (χ3v) is 5.72. The Balaban J connectivity index is 1.81. The smallest absolute Gasteiger partial charge is 0.283 e. The zero-order chi connectivity index (χ0) is 23.0. The molecule has 1 saturated heterocycles. The van der Waals surface area contributed by atoms with E-state index in [-0.39, 0.29) is 29.6 Å². The molecule has 0 saturated carbocycles. The number of nitrogens with one attached hydrogen (secondary N) is 1. The molecule has 2 amide bonds. The second kappa shape index (κ2) is 8.43. The van der Waals surface area contributed by atoms with Gasteiger partial charge in [-0.15, -0.1) is 0 Å². The number of hydrogen-bond donors (Lipinski definition) is 1. The predicted molar refractivity (Wildman–Crippen MR) is 118 cm³/mol. The first-order chi connectivity index (χ1) is 15.3. The summed E-state index contributed by atoms with van der Waals surface area (Å²) in [4.78, 5) is 38.6. The van der Waals surface area contributed by atoms with E-state index in [1.54, 1.807) is 11.6 Å². The van der Waals surface area contributed by atoms with Crippen molar-refractivity contribution in [2.24, 2.45) is 0 Å². The average Bonchev–Trinajstić information content (AvgIpc) is 3.07. The number of piperazine rings is 1. The zero-order valence-corrected chi connectivity index (χ0v) is 18.2. The Morgan fingerprint density at radius 2 is 1.94 bits per heavy atom. The highest BCUT2D eigenvalue weighted by atomic mass is 35.5. The van der Waals surface area contributed by atoms with Crippen molar-refractivity contribution in [3.05, 3.63) is 86.2 Å². The van der Waals surface area contributed by atoms with Crippen molar-refractivity contribution in [2.45, 2.75) is 19.9 Å². The van der Waals surface area contributed by atoms with Crippen molar-refractivity contribution in [3.63, 3.8) is 0 Å². The number of nitro groups is 1. The van der Waals surface area contributed by atoms with Crippen LogP contribution in [-0.4, -0.2) is 44.5 Å². The second-order valence-corrected chi connectivity index (χ2v) is 7.88. The van der Waals surface area contributed by atoms with Crippen molar-refractivity contribution in [3.8, 4) is 5.69 Å². The molecule has 0 spiro atoms. The van der Waals surface area contributed by atoms with Gasteiger partial charge in [0.1, 0.15) is 11.6 Å². The van der Waals surface area contributed by atoms with E-state index in [9.17, 15) is 19.7 Å². The van der Waals surface area contributed by atoms with Crippen LogP contribution >= 0.6 is 11.6 Å². The molecule has 164 valence electrons. The molecule has 1 aromatic heterocycles. The van der Waals surface area contributed by atoms with Gasteiger partial charge in [0, 0.05) is 35.4 Å². The SMILES string of the molecule is Cc1nn(-c2ccccc2)c(C)c1C1C(=O)NCCN1C(=O)c1ccc(Cl)cc1[N+](=O)[O-]. The summed E-state index contributed by atoms with van der Waals surface area (Å²) in [5.41, 5.74) is 2.19. The van der Waals surface area contributed by atoms with E-state index < -0.39 is 22.6 Å². The Kier molecular flexibility index (Phi) is 5.67. The van der Waals surface area contributed by atoms with Crippen molar-refractivity contribution in [2.75, 3.05) is 13.1 Å². The van der Waals surface area contributed by atoms with Crippen LogP contribution in [0, 0.1) is 24.0 Å². The summed E-state index contributed by atoms with van der Waals surface area (Å²) in [5.74, 6) is -0.973. The minimum Gasteiger partial charge on any atom is -0.352 e. The van der Waals surface area contributed by atoms with Crippen LogP contribution < -0.4 is 5.32 Å². The van der Waals surface area contributed by atoms with Crippen LogP contribution in [0.1, 0.15) is 33.4 Å². The number of hydrogen-bond acceptors (Lipinski definition) is 5. The number of nitrogens with zero attached hydrogens (tertiary/aromatic N) is 4. The minimum atomic E-state index is -0.969. The molecule has 1 fully saturated rings. The first kappa shape index (κ1) is 21.5. The van der Waals surface area contributed by atoms with Crippen LogP contribution in [0.25, 0.3) is 5.69 Å². The number of para-hydroxylation sites is 1. The molecule has 10 heteroatoms. The van der Waals surface area contributed by atoms with Gasteiger partial charge in [0.05, 0.1) is 16.3 Å². The number of nitro benzene ring substituents is 1. The maximum atomic E-state index is 13.4.